The minimum Gasteiger partial charge on any atom is -0.306 e. The van der Waals surface area contributed by atoms with Gasteiger partial charge >= 0.3 is 0 Å². The van der Waals surface area contributed by atoms with Crippen LogP contribution in [0, 0.1) is 19.7 Å². The number of benzene rings is 1. The zero-order valence-electron chi connectivity index (χ0n) is 18.2. The number of rotatable bonds is 4. The Balaban J connectivity index is 0.00000162. The minimum absolute atomic E-state index is 0. The number of pyridine rings is 2. The largest absolute Gasteiger partial charge is 0.306 e. The van der Waals surface area contributed by atoms with E-state index < -0.39 is 11.7 Å². The van der Waals surface area contributed by atoms with Gasteiger partial charge in [0, 0.05) is 34.8 Å². The lowest BCUT2D eigenvalue weighted by atomic mass is 10.1. The van der Waals surface area contributed by atoms with Crippen molar-refractivity contribution in [3.05, 3.63) is 89.9 Å². The molecule has 0 unspecified atom stereocenters. The third-order valence-electron chi connectivity index (χ3n) is 5.31. The first-order chi connectivity index (χ1) is 15.5. The van der Waals surface area contributed by atoms with Crippen molar-refractivity contribution < 1.29 is 9.18 Å². The van der Waals surface area contributed by atoms with Crippen molar-refractivity contribution in [3.8, 4) is 22.4 Å². The molecule has 0 saturated carbocycles. The maximum absolute atomic E-state index is 14.9. The van der Waals surface area contributed by atoms with Gasteiger partial charge in [0.1, 0.15) is 17.3 Å². The lowest BCUT2D eigenvalue weighted by Gasteiger charge is -2.09. The molecule has 0 saturated heterocycles. The molecule has 0 spiro atoms. The number of aromatic nitrogens is 5. The Labute approximate surface area is 207 Å². The number of hydrogen-bond donors (Lipinski definition) is 2. The highest BCUT2D eigenvalue weighted by molar-refractivity contribution is 6.04. The molecule has 4 heterocycles. The van der Waals surface area contributed by atoms with Crippen molar-refractivity contribution in [2.75, 3.05) is 5.32 Å². The monoisotopic (exact) mass is 498 g/mol. The van der Waals surface area contributed by atoms with E-state index in [2.05, 4.69) is 25.5 Å². The number of fused-ring (bicyclic) bond motifs is 1. The second-order valence-electron chi connectivity index (χ2n) is 7.57. The summed E-state index contributed by atoms with van der Waals surface area (Å²) >= 11 is 0. The summed E-state index contributed by atoms with van der Waals surface area (Å²) < 4.78 is 16.8. The van der Waals surface area contributed by atoms with E-state index in [0.29, 0.717) is 17.1 Å². The number of hydrogen-bond acceptors (Lipinski definition) is 4. The van der Waals surface area contributed by atoms with E-state index in [1.54, 1.807) is 30.7 Å². The topological polar surface area (TPSA) is 88.0 Å². The molecular weight excluding hydrogens is 478 g/mol. The fourth-order valence-corrected chi connectivity index (χ4v) is 3.64. The summed E-state index contributed by atoms with van der Waals surface area (Å²) in [5, 5.41) is 9.65. The van der Waals surface area contributed by atoms with Crippen molar-refractivity contribution in [2.24, 2.45) is 0 Å². The molecule has 5 aromatic rings. The number of imidazole rings is 1. The number of anilines is 1. The van der Waals surface area contributed by atoms with Crippen LogP contribution in [0.15, 0.2) is 67.3 Å². The van der Waals surface area contributed by atoms with Gasteiger partial charge in [-0.1, -0.05) is 6.07 Å². The SMILES string of the molecule is Cc1ccnc(NC(=O)c2ccc(-c3cnc4ccc(-c5cn[nH]c5C)cn34)cc2F)c1.Cl.Cl. The number of nitrogens with one attached hydrogen (secondary N) is 2. The first kappa shape index (κ1) is 24.9. The molecule has 10 heteroatoms. The molecule has 1 amide bonds. The quantitative estimate of drug-likeness (QED) is 0.335. The second-order valence-corrected chi connectivity index (χ2v) is 7.57. The van der Waals surface area contributed by atoms with Gasteiger partial charge in [-0.15, -0.1) is 24.8 Å². The Kier molecular flexibility index (Phi) is 7.34. The fraction of sp³-hybridized carbons (Fsp3) is 0.0833. The average molecular weight is 499 g/mol. The predicted molar refractivity (Wildman–Crippen MR) is 134 cm³/mol. The fourth-order valence-electron chi connectivity index (χ4n) is 3.64. The van der Waals surface area contributed by atoms with Crippen LogP contribution >= 0.6 is 24.8 Å². The lowest BCUT2D eigenvalue weighted by molar-refractivity contribution is 0.102. The van der Waals surface area contributed by atoms with Gasteiger partial charge in [0.2, 0.25) is 0 Å². The van der Waals surface area contributed by atoms with Gasteiger partial charge in [-0.25, -0.2) is 14.4 Å². The van der Waals surface area contributed by atoms with Gasteiger partial charge in [-0.3, -0.25) is 14.3 Å². The predicted octanol–water partition coefficient (Wildman–Crippen LogP) is 5.64. The van der Waals surface area contributed by atoms with E-state index in [1.165, 1.54) is 12.1 Å². The van der Waals surface area contributed by atoms with Crippen molar-refractivity contribution in [3.63, 3.8) is 0 Å². The standard InChI is InChI=1S/C24H19FN6O.2ClH/c1-14-7-8-26-22(9-14)29-24(32)18-5-3-16(10-20(18)25)21-12-27-23-6-4-17(13-31(21)23)19-11-28-30-15(19)2;;/h3-13H,1-2H3,(H,28,30)(H,26,29,32);2*1H. The third kappa shape index (κ3) is 4.64. The number of nitrogens with zero attached hydrogens (tertiary/aromatic N) is 4. The maximum atomic E-state index is 14.9. The summed E-state index contributed by atoms with van der Waals surface area (Å²) in [6, 6.07) is 11.9. The highest BCUT2D eigenvalue weighted by atomic mass is 35.5. The summed E-state index contributed by atoms with van der Waals surface area (Å²) in [4.78, 5) is 21.1. The minimum atomic E-state index is -0.621. The Morgan fingerprint density at radius 2 is 1.79 bits per heavy atom. The molecule has 0 aliphatic heterocycles. The molecule has 1 aromatic carbocycles. The van der Waals surface area contributed by atoms with Gasteiger partial charge in [0.15, 0.2) is 0 Å². The molecular formula is C24H21Cl2FN6O. The zero-order chi connectivity index (χ0) is 22.2. The van der Waals surface area contributed by atoms with Gasteiger partial charge in [0.05, 0.1) is 23.7 Å². The van der Waals surface area contributed by atoms with Crippen molar-refractivity contribution in [1.29, 1.82) is 0 Å². The van der Waals surface area contributed by atoms with Crippen LogP contribution in [0.1, 0.15) is 21.6 Å². The molecule has 0 aliphatic carbocycles. The number of aryl methyl sites for hydroxylation is 2. The van der Waals surface area contributed by atoms with E-state index >= 15 is 0 Å². The van der Waals surface area contributed by atoms with Gasteiger partial charge in [-0.05, 0) is 55.8 Å². The molecule has 2 N–H and O–H groups in total. The van der Waals surface area contributed by atoms with Gasteiger partial charge in [-0.2, -0.15) is 5.10 Å². The Morgan fingerprint density at radius 3 is 2.50 bits per heavy atom. The molecule has 174 valence electrons. The molecule has 0 atom stereocenters. The van der Waals surface area contributed by atoms with E-state index in [0.717, 1.165) is 28.0 Å². The summed E-state index contributed by atoms with van der Waals surface area (Å²) in [6.07, 6.45) is 6.99. The summed E-state index contributed by atoms with van der Waals surface area (Å²) in [5.41, 5.74) is 5.85. The number of halogens is 3. The van der Waals surface area contributed by atoms with Crippen molar-refractivity contribution >= 4 is 42.2 Å². The molecule has 0 radical (unpaired) electrons. The maximum Gasteiger partial charge on any atom is 0.259 e. The number of aromatic amines is 1. The summed E-state index contributed by atoms with van der Waals surface area (Å²) in [6.45, 7) is 3.84. The van der Waals surface area contributed by atoms with Crippen LogP contribution in [0.5, 0.6) is 0 Å². The highest BCUT2D eigenvalue weighted by Gasteiger charge is 2.16. The van der Waals surface area contributed by atoms with Crippen LogP contribution in [-0.2, 0) is 0 Å². The highest BCUT2D eigenvalue weighted by Crippen LogP contribution is 2.27. The van der Waals surface area contributed by atoms with Crippen LogP contribution in [0.2, 0.25) is 0 Å². The molecule has 34 heavy (non-hydrogen) atoms. The summed E-state index contributed by atoms with van der Waals surface area (Å²) in [5.74, 6) is -0.797. The molecule has 5 rings (SSSR count). The molecule has 0 bridgehead atoms. The summed E-state index contributed by atoms with van der Waals surface area (Å²) in [7, 11) is 0. The van der Waals surface area contributed by atoms with Gasteiger partial charge in [0.25, 0.3) is 5.91 Å². The first-order valence-electron chi connectivity index (χ1n) is 10.0. The Morgan fingerprint density at radius 1 is 1.00 bits per heavy atom. The first-order valence-corrected chi connectivity index (χ1v) is 10.0. The Bertz CT molecular complexity index is 1480. The second kappa shape index (κ2) is 10.0. The Hall–Kier alpha value is -3.75. The van der Waals surface area contributed by atoms with Crippen LogP contribution < -0.4 is 5.32 Å². The van der Waals surface area contributed by atoms with Crippen molar-refractivity contribution in [1.82, 2.24) is 24.6 Å². The van der Waals surface area contributed by atoms with Crippen LogP contribution in [0.4, 0.5) is 10.2 Å². The number of H-pyrrole nitrogens is 1. The normalized spacial score (nSPS) is 10.4. The molecule has 0 fully saturated rings. The third-order valence-corrected chi connectivity index (χ3v) is 5.31. The zero-order valence-corrected chi connectivity index (χ0v) is 19.9. The number of carbonyl (C=O) groups is 1. The van der Waals surface area contributed by atoms with E-state index in [1.807, 2.05) is 42.6 Å². The van der Waals surface area contributed by atoms with Crippen molar-refractivity contribution in [2.45, 2.75) is 13.8 Å². The molecule has 4 aromatic heterocycles. The number of amides is 1. The van der Waals surface area contributed by atoms with Gasteiger partial charge < -0.3 is 5.32 Å². The average Bonchev–Trinajstić information content (AvgIpc) is 3.39. The van der Waals surface area contributed by atoms with Crippen LogP contribution in [0.3, 0.4) is 0 Å². The lowest BCUT2D eigenvalue weighted by Crippen LogP contribution is -2.14. The number of carbonyl (C=O) groups excluding carboxylic acids is 1. The molecule has 0 aliphatic rings. The molecule has 7 nitrogen and oxygen atoms in total. The van der Waals surface area contributed by atoms with Crippen LogP contribution in [-0.4, -0.2) is 30.5 Å². The van der Waals surface area contributed by atoms with E-state index in [4.69, 9.17) is 0 Å². The van der Waals surface area contributed by atoms with E-state index in [-0.39, 0.29) is 30.4 Å². The van der Waals surface area contributed by atoms with Crippen LogP contribution in [0.25, 0.3) is 28.0 Å². The van der Waals surface area contributed by atoms with E-state index in [9.17, 15) is 9.18 Å². The smallest absolute Gasteiger partial charge is 0.259 e.